The van der Waals surface area contributed by atoms with Gasteiger partial charge >= 0.3 is 0 Å². The van der Waals surface area contributed by atoms with Crippen LogP contribution in [0.25, 0.3) is 0 Å². The molecule has 0 unspecified atom stereocenters. The van der Waals surface area contributed by atoms with Crippen molar-refractivity contribution in [2.24, 2.45) is 17.6 Å². The molecule has 8 heteroatoms. The summed E-state index contributed by atoms with van der Waals surface area (Å²) in [6.45, 7) is 12.1. The van der Waals surface area contributed by atoms with Crippen molar-refractivity contribution in [3.63, 3.8) is 0 Å². The fourth-order valence-electron chi connectivity index (χ4n) is 6.06. The number of ether oxygens (including phenoxy) is 2. The summed E-state index contributed by atoms with van der Waals surface area (Å²) in [5.74, 6) is 0.548. The maximum Gasteiger partial charge on any atom is 0.227 e. The number of nitrogens with zero attached hydrogens (tertiary/aromatic N) is 3. The molecule has 0 aliphatic carbocycles. The van der Waals surface area contributed by atoms with E-state index in [-0.39, 0.29) is 29.8 Å². The minimum atomic E-state index is -0.127. The van der Waals surface area contributed by atoms with Gasteiger partial charge in [-0.05, 0) is 42.2 Å². The smallest absolute Gasteiger partial charge is 0.227 e. The monoisotopic (exact) mass is 556 g/mol. The van der Waals surface area contributed by atoms with Crippen LogP contribution in [0.5, 0.6) is 0 Å². The van der Waals surface area contributed by atoms with Gasteiger partial charge in [0.25, 0.3) is 0 Å². The number of hydrogen-bond acceptors (Lipinski definition) is 6. The van der Waals surface area contributed by atoms with E-state index >= 15 is 0 Å². The van der Waals surface area contributed by atoms with Gasteiger partial charge in [-0.1, -0.05) is 55.3 Å². The molecule has 2 aliphatic rings. The number of piperazine rings is 1. The molecule has 2 aliphatic heterocycles. The van der Waals surface area contributed by atoms with Crippen LogP contribution in [0.15, 0.2) is 42.5 Å². The van der Waals surface area contributed by atoms with Gasteiger partial charge in [0, 0.05) is 76.2 Å². The third-order valence-electron chi connectivity index (χ3n) is 8.39. The maximum absolute atomic E-state index is 14.1. The van der Waals surface area contributed by atoms with Crippen LogP contribution in [-0.4, -0.2) is 88.5 Å². The number of nitrogens with two attached hydrogens (primary N) is 1. The summed E-state index contributed by atoms with van der Waals surface area (Å²) in [4.78, 5) is 20.9. The van der Waals surface area contributed by atoms with Crippen LogP contribution in [0.4, 0.5) is 5.69 Å². The van der Waals surface area contributed by atoms with Crippen molar-refractivity contribution in [1.29, 1.82) is 0 Å². The molecule has 0 radical (unpaired) electrons. The van der Waals surface area contributed by atoms with Gasteiger partial charge in [-0.3, -0.25) is 9.69 Å². The van der Waals surface area contributed by atoms with Crippen LogP contribution >= 0.6 is 11.6 Å². The SMILES string of the molecule is COCC(COC)N1C[C@@H](C(=O)N2CCN(c3ccc(C)cc3[C@@H](N)C(C)C)CC2)[C@H](c2ccc(Cl)cc2)C1. The van der Waals surface area contributed by atoms with E-state index in [1.165, 1.54) is 16.8 Å². The second-order valence-corrected chi connectivity index (χ2v) is 11.9. The Kier molecular flexibility index (Phi) is 10.3. The van der Waals surface area contributed by atoms with Crippen LogP contribution in [0.2, 0.25) is 5.02 Å². The highest BCUT2D eigenvalue weighted by Crippen LogP contribution is 2.37. The molecule has 7 nitrogen and oxygen atoms in total. The van der Waals surface area contributed by atoms with Crippen molar-refractivity contribution in [1.82, 2.24) is 9.80 Å². The third kappa shape index (κ3) is 6.95. The molecule has 2 fully saturated rings. The van der Waals surface area contributed by atoms with E-state index in [0.29, 0.717) is 43.8 Å². The van der Waals surface area contributed by atoms with Gasteiger partial charge < -0.3 is 25.0 Å². The molecule has 0 saturated carbocycles. The first-order valence-electron chi connectivity index (χ1n) is 14.1. The number of carbonyl (C=O) groups is 1. The molecule has 0 bridgehead atoms. The quantitative estimate of drug-likeness (QED) is 0.470. The zero-order chi connectivity index (χ0) is 28.1. The molecule has 39 heavy (non-hydrogen) atoms. The lowest BCUT2D eigenvalue weighted by molar-refractivity contribution is -0.136. The zero-order valence-electron chi connectivity index (χ0n) is 24.1. The van der Waals surface area contributed by atoms with Crippen molar-refractivity contribution in [2.75, 3.05) is 71.6 Å². The minimum Gasteiger partial charge on any atom is -0.383 e. The molecule has 2 saturated heterocycles. The van der Waals surface area contributed by atoms with Gasteiger partial charge in [-0.15, -0.1) is 0 Å². The lowest BCUT2D eigenvalue weighted by Gasteiger charge is -2.39. The van der Waals surface area contributed by atoms with E-state index in [1.807, 2.05) is 12.1 Å². The van der Waals surface area contributed by atoms with E-state index in [9.17, 15) is 4.79 Å². The van der Waals surface area contributed by atoms with Gasteiger partial charge in [0.05, 0.1) is 25.2 Å². The van der Waals surface area contributed by atoms with Crippen LogP contribution in [0.1, 0.15) is 42.5 Å². The third-order valence-corrected chi connectivity index (χ3v) is 8.64. The number of rotatable bonds is 10. The molecule has 0 aromatic heterocycles. The Bertz CT molecular complexity index is 1080. The lowest BCUT2D eigenvalue weighted by atomic mass is 9.88. The number of halogens is 1. The fourth-order valence-corrected chi connectivity index (χ4v) is 6.19. The van der Waals surface area contributed by atoms with Crippen molar-refractivity contribution >= 4 is 23.2 Å². The van der Waals surface area contributed by atoms with E-state index in [0.717, 1.165) is 25.2 Å². The highest BCUT2D eigenvalue weighted by atomic mass is 35.5. The topological polar surface area (TPSA) is 71.3 Å². The number of likely N-dealkylation sites (tertiary alicyclic amines) is 1. The Labute approximate surface area is 239 Å². The first kappa shape index (κ1) is 29.8. The van der Waals surface area contributed by atoms with E-state index in [1.54, 1.807) is 14.2 Å². The van der Waals surface area contributed by atoms with Crippen molar-refractivity contribution in [2.45, 2.75) is 38.8 Å². The molecule has 2 N–H and O–H groups in total. The average molecular weight is 557 g/mol. The van der Waals surface area contributed by atoms with Crippen LogP contribution in [0, 0.1) is 18.8 Å². The van der Waals surface area contributed by atoms with E-state index in [2.05, 4.69) is 65.8 Å². The minimum absolute atomic E-state index is 0.0173. The number of hydrogen-bond donors (Lipinski definition) is 1. The largest absolute Gasteiger partial charge is 0.383 e. The molecule has 4 rings (SSSR count). The molecular weight excluding hydrogens is 512 g/mol. The van der Waals surface area contributed by atoms with Gasteiger partial charge in [0.1, 0.15) is 0 Å². The zero-order valence-corrected chi connectivity index (χ0v) is 24.9. The second-order valence-electron chi connectivity index (χ2n) is 11.4. The van der Waals surface area contributed by atoms with Gasteiger partial charge in [-0.2, -0.15) is 0 Å². The van der Waals surface area contributed by atoms with Crippen LogP contribution in [0.3, 0.4) is 0 Å². The molecular formula is C31H45ClN4O3. The van der Waals surface area contributed by atoms with Gasteiger partial charge in [-0.25, -0.2) is 0 Å². The number of benzene rings is 2. The second kappa shape index (κ2) is 13.5. The maximum atomic E-state index is 14.1. The summed E-state index contributed by atoms with van der Waals surface area (Å²) >= 11 is 6.19. The Morgan fingerprint density at radius 1 is 1.00 bits per heavy atom. The Balaban J connectivity index is 1.50. The number of methoxy groups -OCH3 is 2. The summed E-state index contributed by atoms with van der Waals surface area (Å²) in [7, 11) is 3.43. The molecule has 0 spiro atoms. The summed E-state index contributed by atoms with van der Waals surface area (Å²) in [5, 5.41) is 0.705. The molecule has 214 valence electrons. The van der Waals surface area contributed by atoms with Crippen LogP contribution < -0.4 is 10.6 Å². The van der Waals surface area contributed by atoms with Gasteiger partial charge in [0.15, 0.2) is 0 Å². The summed E-state index contributed by atoms with van der Waals surface area (Å²) in [6.07, 6.45) is 0. The van der Waals surface area contributed by atoms with Gasteiger partial charge in [0.2, 0.25) is 5.91 Å². The lowest BCUT2D eigenvalue weighted by Crippen LogP contribution is -2.51. The number of anilines is 1. The fraction of sp³-hybridized carbons (Fsp3) is 0.581. The van der Waals surface area contributed by atoms with E-state index in [4.69, 9.17) is 26.8 Å². The van der Waals surface area contributed by atoms with Crippen molar-refractivity contribution < 1.29 is 14.3 Å². The predicted octanol–water partition coefficient (Wildman–Crippen LogP) is 4.33. The highest BCUT2D eigenvalue weighted by Gasteiger charge is 2.43. The van der Waals surface area contributed by atoms with Crippen molar-refractivity contribution in [3.8, 4) is 0 Å². The Morgan fingerprint density at radius 3 is 2.23 bits per heavy atom. The number of carbonyl (C=O) groups excluding carboxylic acids is 1. The predicted molar refractivity (Wildman–Crippen MR) is 159 cm³/mol. The summed E-state index contributed by atoms with van der Waals surface area (Å²) in [6, 6.07) is 14.6. The van der Waals surface area contributed by atoms with Crippen molar-refractivity contribution in [3.05, 3.63) is 64.2 Å². The molecule has 3 atom stereocenters. The standard InChI is InChI=1S/C31H45ClN4O3/c1-21(2)30(33)26-16-22(3)6-11-29(26)34-12-14-35(15-13-34)31(37)28-18-36(25(19-38-4)20-39-5)17-27(28)23-7-9-24(32)10-8-23/h6-11,16,21,25,27-28,30H,12-15,17-20,33H2,1-5H3/t27-,28+,30-/m0/s1. The first-order chi connectivity index (χ1) is 18.7. The normalized spacial score (nSPS) is 21.3. The molecule has 2 aromatic carbocycles. The van der Waals surface area contributed by atoms with E-state index < -0.39 is 0 Å². The highest BCUT2D eigenvalue weighted by molar-refractivity contribution is 6.30. The summed E-state index contributed by atoms with van der Waals surface area (Å²) in [5.41, 5.74) is 11.4. The molecule has 2 aromatic rings. The Hall–Kier alpha value is -2.16. The summed E-state index contributed by atoms with van der Waals surface area (Å²) < 4.78 is 11.0. The number of amides is 1. The number of aryl methyl sites for hydroxylation is 1. The molecule has 2 heterocycles. The first-order valence-corrected chi connectivity index (χ1v) is 14.5. The average Bonchev–Trinajstić information content (AvgIpc) is 3.38. The molecule has 1 amide bonds. The Morgan fingerprint density at radius 2 is 1.64 bits per heavy atom. The van der Waals surface area contributed by atoms with Crippen LogP contribution in [-0.2, 0) is 14.3 Å².